The highest BCUT2D eigenvalue weighted by Crippen LogP contribution is 2.59. The zero-order valence-corrected chi connectivity index (χ0v) is 38.9. The van der Waals surface area contributed by atoms with Crippen LogP contribution in [-0.4, -0.2) is 25.5 Å². The van der Waals surface area contributed by atoms with Crippen molar-refractivity contribution in [3.05, 3.63) is 113 Å². The monoisotopic (exact) mass is 807 g/mol. The highest BCUT2D eigenvalue weighted by molar-refractivity contribution is 7.67. The van der Waals surface area contributed by atoms with Crippen LogP contribution in [0.15, 0.2) is 91.0 Å². The molecule has 59 heavy (non-hydrogen) atoms. The molecule has 0 atom stereocenters. The lowest BCUT2D eigenvalue weighted by atomic mass is 9.79. The molecule has 0 N–H and O–H groups in total. The van der Waals surface area contributed by atoms with Crippen molar-refractivity contribution in [2.24, 2.45) is 0 Å². The largest absolute Gasteiger partial charge is 0.496 e. The third kappa shape index (κ3) is 8.96. The fourth-order valence-corrected chi connectivity index (χ4v) is 14.6. The smallest absolute Gasteiger partial charge is 0.126 e. The summed E-state index contributed by atoms with van der Waals surface area (Å²) in [7, 11) is 3.14. The van der Waals surface area contributed by atoms with Crippen molar-refractivity contribution in [1.82, 2.24) is 0 Å². The summed E-state index contributed by atoms with van der Waals surface area (Å²) in [6, 6.07) is 34.8. The van der Waals surface area contributed by atoms with Crippen molar-refractivity contribution in [1.29, 1.82) is 0 Å². The first-order valence-electron chi connectivity index (χ1n) is 23.1. The molecule has 2 aliphatic rings. The molecule has 2 nitrogen and oxygen atoms in total. The number of ether oxygens (including phenoxy) is 2. The standard InChI is InChI=1S/C56H71O2P/c1-36(2)48-32-40(44-26-17-19-30-52(44)57-9)33-49(37(3)4)54(48)46-28-21-29-47(56(46)59(42-22-13-11-14-23-42)43-24-15-12-16-25-43)55-50(38(5)6)34-41(35-51(55)39(7)8)45-27-18-20-31-53(45)58-10/h17-21,26-39,42-43H,11-16,22-25H2,1-10H3. The molecule has 3 heteroatoms. The van der Waals surface area contributed by atoms with Crippen LogP contribution in [0.25, 0.3) is 44.5 Å². The lowest BCUT2D eigenvalue weighted by molar-refractivity contribution is 0.416. The van der Waals surface area contributed by atoms with Gasteiger partial charge in [-0.25, -0.2) is 0 Å². The number of hydrogen-bond acceptors (Lipinski definition) is 2. The highest BCUT2D eigenvalue weighted by atomic mass is 31.1. The van der Waals surface area contributed by atoms with Crippen LogP contribution >= 0.6 is 7.92 Å². The second-order valence-electron chi connectivity index (χ2n) is 18.8. The summed E-state index contributed by atoms with van der Waals surface area (Å²) in [6.07, 6.45) is 13.8. The van der Waals surface area contributed by atoms with Gasteiger partial charge in [0.25, 0.3) is 0 Å². The maximum absolute atomic E-state index is 5.97. The molecule has 5 aromatic rings. The van der Waals surface area contributed by atoms with Gasteiger partial charge in [-0.2, -0.15) is 0 Å². The van der Waals surface area contributed by atoms with E-state index in [2.05, 4.69) is 146 Å². The Kier molecular flexibility index (Phi) is 14.1. The fourth-order valence-electron chi connectivity index (χ4n) is 10.5. The third-order valence-electron chi connectivity index (χ3n) is 13.5. The van der Waals surface area contributed by atoms with Gasteiger partial charge in [-0.1, -0.05) is 181 Å². The number of methoxy groups -OCH3 is 2. The summed E-state index contributed by atoms with van der Waals surface area (Å²) in [5.41, 5.74) is 18.2. The van der Waals surface area contributed by atoms with Crippen molar-refractivity contribution in [3.8, 4) is 56.0 Å². The lowest BCUT2D eigenvalue weighted by Crippen LogP contribution is -2.29. The molecule has 0 spiro atoms. The minimum atomic E-state index is -0.466. The van der Waals surface area contributed by atoms with Gasteiger partial charge < -0.3 is 9.47 Å². The molecule has 2 aliphatic carbocycles. The first-order chi connectivity index (χ1) is 28.5. The van der Waals surface area contributed by atoms with E-state index in [1.165, 1.54) is 131 Å². The molecular weight excluding hydrogens is 736 g/mol. The lowest BCUT2D eigenvalue weighted by Gasteiger charge is -2.41. The maximum atomic E-state index is 5.97. The molecule has 2 fully saturated rings. The molecule has 0 unspecified atom stereocenters. The van der Waals surface area contributed by atoms with E-state index >= 15 is 0 Å². The van der Waals surface area contributed by atoms with Gasteiger partial charge in [0, 0.05) is 11.1 Å². The van der Waals surface area contributed by atoms with Crippen LogP contribution in [0.5, 0.6) is 11.5 Å². The van der Waals surface area contributed by atoms with E-state index in [1.54, 1.807) is 19.5 Å². The highest BCUT2D eigenvalue weighted by Gasteiger charge is 2.37. The Labute approximate surface area is 359 Å². The van der Waals surface area contributed by atoms with Gasteiger partial charge >= 0.3 is 0 Å². The molecule has 0 aliphatic heterocycles. The molecule has 0 heterocycles. The second-order valence-corrected chi connectivity index (χ2v) is 21.5. The molecular formula is C56H71O2P. The first kappa shape index (κ1) is 43.2. The Morgan fingerprint density at radius 3 is 1.07 bits per heavy atom. The van der Waals surface area contributed by atoms with Gasteiger partial charge in [-0.05, 0) is 134 Å². The van der Waals surface area contributed by atoms with Gasteiger partial charge in [-0.3, -0.25) is 0 Å². The second kappa shape index (κ2) is 19.2. The molecule has 0 bridgehead atoms. The average Bonchev–Trinajstić information content (AvgIpc) is 3.26. The summed E-state index contributed by atoms with van der Waals surface area (Å²) >= 11 is 0. The molecule has 7 rings (SSSR count). The summed E-state index contributed by atoms with van der Waals surface area (Å²) in [4.78, 5) is 0. The average molecular weight is 807 g/mol. The molecule has 0 aromatic heterocycles. The number of para-hydroxylation sites is 2. The minimum Gasteiger partial charge on any atom is -0.496 e. The molecule has 312 valence electrons. The van der Waals surface area contributed by atoms with Gasteiger partial charge in [-0.15, -0.1) is 0 Å². The van der Waals surface area contributed by atoms with Crippen LogP contribution in [-0.2, 0) is 0 Å². The van der Waals surface area contributed by atoms with E-state index in [0.717, 1.165) is 22.8 Å². The Morgan fingerprint density at radius 2 is 0.746 bits per heavy atom. The van der Waals surface area contributed by atoms with Crippen LogP contribution in [0, 0.1) is 0 Å². The normalized spacial score (nSPS) is 15.6. The maximum Gasteiger partial charge on any atom is 0.126 e. The molecule has 2 saturated carbocycles. The molecule has 0 radical (unpaired) electrons. The Balaban J connectivity index is 1.61. The Bertz CT molecular complexity index is 1990. The Hall–Kier alpha value is -3.87. The van der Waals surface area contributed by atoms with Crippen LogP contribution < -0.4 is 14.8 Å². The van der Waals surface area contributed by atoms with Crippen molar-refractivity contribution >= 4 is 13.2 Å². The van der Waals surface area contributed by atoms with Gasteiger partial charge in [0.05, 0.1) is 14.2 Å². The predicted octanol–water partition coefficient (Wildman–Crippen LogP) is 16.6. The van der Waals surface area contributed by atoms with Crippen molar-refractivity contribution in [3.63, 3.8) is 0 Å². The molecule has 5 aromatic carbocycles. The van der Waals surface area contributed by atoms with E-state index < -0.39 is 7.92 Å². The number of benzene rings is 5. The Morgan fingerprint density at radius 1 is 0.424 bits per heavy atom. The van der Waals surface area contributed by atoms with E-state index in [4.69, 9.17) is 9.47 Å². The minimum absolute atomic E-state index is 0.349. The third-order valence-corrected chi connectivity index (χ3v) is 17.1. The van der Waals surface area contributed by atoms with Gasteiger partial charge in [0.2, 0.25) is 0 Å². The SMILES string of the molecule is COc1ccccc1-c1cc(C(C)C)c(-c2cccc(-c3c(C(C)C)cc(-c4ccccc4OC)cc3C(C)C)c2P(C2CCCCC2)C2CCCCC2)c(C(C)C)c1. The number of rotatable bonds is 13. The predicted molar refractivity (Wildman–Crippen MR) is 258 cm³/mol. The fraction of sp³-hybridized carbons (Fsp3) is 0.464. The molecule has 0 amide bonds. The number of hydrogen-bond donors (Lipinski definition) is 0. The quantitative estimate of drug-likeness (QED) is 0.110. The van der Waals surface area contributed by atoms with Crippen LogP contribution in [0.2, 0.25) is 0 Å². The topological polar surface area (TPSA) is 18.5 Å². The van der Waals surface area contributed by atoms with Gasteiger partial charge in [0.1, 0.15) is 11.5 Å². The van der Waals surface area contributed by atoms with E-state index in [-0.39, 0.29) is 0 Å². The van der Waals surface area contributed by atoms with Gasteiger partial charge in [0.15, 0.2) is 0 Å². The van der Waals surface area contributed by atoms with Crippen molar-refractivity contribution < 1.29 is 9.47 Å². The summed E-state index contributed by atoms with van der Waals surface area (Å²) in [6.45, 7) is 19.3. The zero-order chi connectivity index (χ0) is 41.8. The van der Waals surface area contributed by atoms with E-state index in [1.807, 2.05) is 0 Å². The van der Waals surface area contributed by atoms with Crippen LogP contribution in [0.4, 0.5) is 0 Å². The summed E-state index contributed by atoms with van der Waals surface area (Å²) in [5, 5.41) is 1.71. The molecule has 0 saturated heterocycles. The van der Waals surface area contributed by atoms with E-state index in [0.29, 0.717) is 23.7 Å². The summed E-state index contributed by atoms with van der Waals surface area (Å²) < 4.78 is 11.9. The van der Waals surface area contributed by atoms with Crippen LogP contribution in [0.1, 0.15) is 166 Å². The first-order valence-corrected chi connectivity index (χ1v) is 24.6. The van der Waals surface area contributed by atoms with Crippen molar-refractivity contribution in [2.75, 3.05) is 14.2 Å². The zero-order valence-electron chi connectivity index (χ0n) is 38.0. The van der Waals surface area contributed by atoms with Crippen LogP contribution in [0.3, 0.4) is 0 Å². The van der Waals surface area contributed by atoms with Crippen molar-refractivity contribution in [2.45, 2.75) is 155 Å². The summed E-state index contributed by atoms with van der Waals surface area (Å²) in [5.74, 6) is 3.27. The van der Waals surface area contributed by atoms with E-state index in [9.17, 15) is 0 Å².